The molecule has 74 heavy (non-hydrogen) atoms. The van der Waals surface area contributed by atoms with Crippen LogP contribution >= 0.6 is 23.5 Å². The zero-order valence-corrected chi connectivity index (χ0v) is 44.5. The van der Waals surface area contributed by atoms with Gasteiger partial charge in [-0.2, -0.15) is 0 Å². The second-order valence-corrected chi connectivity index (χ2v) is 24.2. The van der Waals surface area contributed by atoms with Crippen LogP contribution in [0.2, 0.25) is 0 Å². The van der Waals surface area contributed by atoms with Gasteiger partial charge in [0, 0.05) is 35.8 Å². The molecule has 0 bridgehead atoms. The SMILES string of the molecule is CC(C)(c1ccccc1)c1cc(-c2cc3c4c(c2)Sc2ccc(C(C)(C)c5ccccc5)cc2B4c2cc(C(C)(C)c4ccccc4)ccc2S3)cc(-c2c3ccccc3c(-c3ccccc3)c3ccccc23)c1. The second kappa shape index (κ2) is 18.0. The summed E-state index contributed by atoms with van der Waals surface area (Å²) in [7, 11) is 0. The second-order valence-electron chi connectivity index (χ2n) is 22.0. The molecule has 2 aliphatic rings. The van der Waals surface area contributed by atoms with Crippen molar-refractivity contribution in [2.45, 2.75) is 77.4 Å². The minimum Gasteiger partial charge on any atom is -0.0911 e. The summed E-state index contributed by atoms with van der Waals surface area (Å²) >= 11 is 3.90. The summed E-state index contributed by atoms with van der Waals surface area (Å²) in [6.07, 6.45) is 0. The number of rotatable bonds is 9. The molecule has 0 unspecified atom stereocenters. The Morgan fingerprint density at radius 3 is 1.05 bits per heavy atom. The van der Waals surface area contributed by atoms with Gasteiger partial charge in [-0.05, 0) is 124 Å². The molecule has 0 fully saturated rings. The fraction of sp³-hybridized carbons (Fsp3) is 0.127. The molecular formula is C71H57BS2. The van der Waals surface area contributed by atoms with Gasteiger partial charge >= 0.3 is 0 Å². The van der Waals surface area contributed by atoms with E-state index in [-0.39, 0.29) is 23.0 Å². The monoisotopic (exact) mass is 984 g/mol. The Bertz CT molecular complexity index is 3790. The maximum absolute atomic E-state index is 2.55. The molecule has 0 saturated carbocycles. The van der Waals surface area contributed by atoms with Crippen LogP contribution in [0.25, 0.3) is 54.9 Å². The van der Waals surface area contributed by atoms with Gasteiger partial charge in [0.1, 0.15) is 0 Å². The van der Waals surface area contributed by atoms with E-state index in [1.54, 1.807) is 0 Å². The van der Waals surface area contributed by atoms with Gasteiger partial charge in [-0.3, -0.25) is 0 Å². The molecule has 0 saturated heterocycles. The van der Waals surface area contributed by atoms with Crippen molar-refractivity contribution in [2.75, 3.05) is 0 Å². The van der Waals surface area contributed by atoms with Crippen LogP contribution < -0.4 is 16.4 Å². The van der Waals surface area contributed by atoms with Gasteiger partial charge in [0.25, 0.3) is 0 Å². The number of fused-ring (bicyclic) bond motifs is 6. The summed E-state index contributed by atoms with van der Waals surface area (Å²) in [5.41, 5.74) is 19.0. The Labute approximate surface area is 446 Å². The smallest absolute Gasteiger partial charge is 0.0911 e. The van der Waals surface area contributed by atoms with Gasteiger partial charge in [-0.15, -0.1) is 0 Å². The molecule has 0 aromatic heterocycles. The lowest BCUT2D eigenvalue weighted by Gasteiger charge is -2.36. The largest absolute Gasteiger partial charge is 0.247 e. The van der Waals surface area contributed by atoms with Crippen molar-refractivity contribution in [1.29, 1.82) is 0 Å². The van der Waals surface area contributed by atoms with Crippen molar-refractivity contribution in [3.63, 3.8) is 0 Å². The van der Waals surface area contributed by atoms with Crippen molar-refractivity contribution in [2.24, 2.45) is 0 Å². The van der Waals surface area contributed by atoms with Crippen molar-refractivity contribution < 1.29 is 0 Å². The van der Waals surface area contributed by atoms with E-state index < -0.39 is 0 Å². The molecule has 2 heterocycles. The molecule has 11 aromatic carbocycles. The van der Waals surface area contributed by atoms with E-state index in [1.807, 2.05) is 23.5 Å². The van der Waals surface area contributed by atoms with Crippen molar-refractivity contribution >= 4 is 68.2 Å². The molecule has 356 valence electrons. The van der Waals surface area contributed by atoms with Crippen LogP contribution in [0.1, 0.15) is 74.9 Å². The zero-order chi connectivity index (χ0) is 50.3. The lowest BCUT2D eigenvalue weighted by atomic mass is 9.36. The average molecular weight is 985 g/mol. The number of hydrogen-bond donors (Lipinski definition) is 0. The minimum atomic E-state index is -0.285. The van der Waals surface area contributed by atoms with Crippen LogP contribution in [0.15, 0.2) is 256 Å². The van der Waals surface area contributed by atoms with Gasteiger partial charge in [-0.25, -0.2) is 0 Å². The molecule has 0 aliphatic carbocycles. The first-order valence-corrected chi connectivity index (χ1v) is 27.7. The third-order valence-corrected chi connectivity index (χ3v) is 19.0. The van der Waals surface area contributed by atoms with Crippen LogP contribution in [0.4, 0.5) is 0 Å². The predicted octanol–water partition coefficient (Wildman–Crippen LogP) is 17.4. The zero-order valence-electron chi connectivity index (χ0n) is 42.9. The van der Waals surface area contributed by atoms with Gasteiger partial charge < -0.3 is 0 Å². The van der Waals surface area contributed by atoms with Crippen molar-refractivity contribution in [3.8, 4) is 33.4 Å². The van der Waals surface area contributed by atoms with Crippen LogP contribution in [-0.4, -0.2) is 6.71 Å². The van der Waals surface area contributed by atoms with Gasteiger partial charge in [-0.1, -0.05) is 282 Å². The Kier molecular flexibility index (Phi) is 11.3. The Morgan fingerprint density at radius 1 is 0.270 bits per heavy atom. The van der Waals surface area contributed by atoms with Gasteiger partial charge in [0.05, 0.1) is 0 Å². The molecule has 0 spiro atoms. The van der Waals surface area contributed by atoms with E-state index >= 15 is 0 Å². The molecule has 0 amide bonds. The predicted molar refractivity (Wildman–Crippen MR) is 319 cm³/mol. The molecule has 2 aliphatic heterocycles. The fourth-order valence-corrected chi connectivity index (χ4v) is 14.6. The molecule has 0 nitrogen and oxygen atoms in total. The first kappa shape index (κ1) is 46.5. The van der Waals surface area contributed by atoms with Gasteiger partial charge in [0.15, 0.2) is 0 Å². The average Bonchev–Trinajstić information content (AvgIpc) is 3.44. The molecule has 0 atom stereocenters. The quantitative estimate of drug-likeness (QED) is 0.104. The maximum atomic E-state index is 2.55. The summed E-state index contributed by atoms with van der Waals surface area (Å²) < 4.78 is 0. The summed E-state index contributed by atoms with van der Waals surface area (Å²) in [6.45, 7) is 14.4. The van der Waals surface area contributed by atoms with E-state index in [0.29, 0.717) is 0 Å². The first-order valence-electron chi connectivity index (χ1n) is 26.1. The van der Waals surface area contributed by atoms with Crippen LogP contribution in [0.5, 0.6) is 0 Å². The summed E-state index contributed by atoms with van der Waals surface area (Å²) in [5, 5.41) is 5.05. The summed E-state index contributed by atoms with van der Waals surface area (Å²) in [4.78, 5) is 5.35. The highest BCUT2D eigenvalue weighted by molar-refractivity contribution is 8.01. The minimum absolute atomic E-state index is 0.0827. The Morgan fingerprint density at radius 2 is 0.622 bits per heavy atom. The Hall–Kier alpha value is -7.30. The third kappa shape index (κ3) is 7.70. The summed E-state index contributed by atoms with van der Waals surface area (Å²) in [5.74, 6) is 0. The van der Waals surface area contributed by atoms with E-state index in [4.69, 9.17) is 0 Å². The number of benzene rings is 11. The van der Waals surface area contributed by atoms with E-state index in [2.05, 4.69) is 278 Å². The van der Waals surface area contributed by atoms with Crippen molar-refractivity contribution in [1.82, 2.24) is 0 Å². The van der Waals surface area contributed by atoms with E-state index in [1.165, 1.54) is 124 Å². The highest BCUT2D eigenvalue weighted by Gasteiger charge is 2.41. The normalized spacial score (nSPS) is 13.1. The van der Waals surface area contributed by atoms with E-state index in [9.17, 15) is 0 Å². The van der Waals surface area contributed by atoms with E-state index in [0.717, 1.165) is 0 Å². The lowest BCUT2D eigenvalue weighted by molar-refractivity contribution is 0.640. The lowest BCUT2D eigenvalue weighted by Crippen LogP contribution is -2.58. The first-order chi connectivity index (χ1) is 35.9. The van der Waals surface area contributed by atoms with Crippen LogP contribution in [0.3, 0.4) is 0 Å². The molecule has 0 radical (unpaired) electrons. The molecular weight excluding hydrogens is 928 g/mol. The topological polar surface area (TPSA) is 0 Å². The van der Waals surface area contributed by atoms with Crippen LogP contribution in [0, 0.1) is 0 Å². The number of hydrogen-bond acceptors (Lipinski definition) is 2. The molecule has 11 aromatic rings. The Balaban J connectivity index is 1.03. The van der Waals surface area contributed by atoms with Gasteiger partial charge in [0.2, 0.25) is 6.71 Å². The van der Waals surface area contributed by atoms with Crippen molar-refractivity contribution in [3.05, 3.63) is 270 Å². The fourth-order valence-electron chi connectivity index (χ4n) is 12.2. The molecule has 3 heteroatoms. The highest BCUT2D eigenvalue weighted by Crippen LogP contribution is 2.48. The summed E-state index contributed by atoms with van der Waals surface area (Å²) in [6, 6.07) is 89.4. The molecule has 13 rings (SSSR count). The molecule has 0 N–H and O–H groups in total. The third-order valence-electron chi connectivity index (χ3n) is 16.7. The highest BCUT2D eigenvalue weighted by atomic mass is 32.2. The maximum Gasteiger partial charge on any atom is 0.247 e. The standard InChI is InChI=1S/C71H57BS2/c1-69(2,50-25-13-8-14-26-50)53-35-37-62-60(44-53)72-61-45-54(70(3,4)51-27-15-9-16-28-51)36-38-63(61)74-65-43-48(42-64(73-62)68(65)72)47-39-49(41-55(40-47)71(5,6)52-29-17-10-18-30-52)67-58-33-21-19-31-56(58)66(46-23-11-7-12-24-46)57-32-20-22-34-59(57)67/h7-45H,1-6H3. The van der Waals surface area contributed by atoms with Crippen LogP contribution in [-0.2, 0) is 16.2 Å².